The molecule has 1 aliphatic heterocycles. The summed E-state index contributed by atoms with van der Waals surface area (Å²) in [5.41, 5.74) is 16.1. The Kier molecular flexibility index (Phi) is 6.27. The molecule has 0 saturated heterocycles. The molecule has 0 unspecified atom stereocenters. The van der Waals surface area contributed by atoms with Crippen LogP contribution >= 0.6 is 0 Å². The van der Waals surface area contributed by atoms with Crippen molar-refractivity contribution >= 4 is 128 Å². The fraction of sp³-hybridized carbons (Fsp3) is 0.0851. The lowest BCUT2D eigenvalue weighted by Crippen LogP contribution is -2.05. The average molecular weight is 722 g/mol. The van der Waals surface area contributed by atoms with Crippen molar-refractivity contribution in [2.45, 2.75) is 27.2 Å². The van der Waals surface area contributed by atoms with Crippen molar-refractivity contribution < 1.29 is 0 Å². The van der Waals surface area contributed by atoms with Crippen molar-refractivity contribution in [1.29, 1.82) is 0 Å². The van der Waals surface area contributed by atoms with Crippen LogP contribution in [0.1, 0.15) is 37.2 Å². The highest BCUT2D eigenvalue weighted by Crippen LogP contribution is 2.37. The van der Waals surface area contributed by atoms with Crippen molar-refractivity contribution in [3.63, 3.8) is 0 Å². The summed E-state index contributed by atoms with van der Waals surface area (Å²) in [6, 6.07) is 33.5. The molecule has 7 aromatic heterocycles. The Labute approximate surface area is 317 Å². The lowest BCUT2D eigenvalue weighted by molar-refractivity contribution is 1.21. The molecule has 0 radical (unpaired) electrons. The molecule has 56 heavy (non-hydrogen) atoms. The van der Waals surface area contributed by atoms with E-state index in [0.29, 0.717) is 33.1 Å². The molecule has 0 atom stereocenters. The minimum absolute atomic E-state index is 0.612. The van der Waals surface area contributed by atoms with Gasteiger partial charge < -0.3 is 9.97 Å². The number of hydrogen-bond donors (Lipinski definition) is 2. The zero-order valence-electron chi connectivity index (χ0n) is 30.7. The molecule has 0 saturated carbocycles. The molecule has 1 aliphatic rings. The van der Waals surface area contributed by atoms with Gasteiger partial charge in [0.2, 0.25) is 0 Å². The van der Waals surface area contributed by atoms with Crippen LogP contribution in [-0.2, 0) is 0 Å². The Hall–Kier alpha value is -7.39. The maximum absolute atomic E-state index is 5.57. The number of aromatic nitrogens is 9. The van der Waals surface area contributed by atoms with Gasteiger partial charge in [0.25, 0.3) is 0 Å². The maximum Gasteiger partial charge on any atom is 0.120 e. The molecule has 0 amide bonds. The van der Waals surface area contributed by atoms with Gasteiger partial charge in [0.1, 0.15) is 33.1 Å². The molecule has 9 nitrogen and oxygen atoms in total. The van der Waals surface area contributed by atoms with Crippen LogP contribution in [0.2, 0.25) is 0 Å². The number of H-pyrrole nitrogens is 2. The van der Waals surface area contributed by atoms with E-state index in [1.165, 1.54) is 5.57 Å². The molecule has 2 N–H and O–H groups in total. The van der Waals surface area contributed by atoms with Crippen LogP contribution in [0.3, 0.4) is 0 Å². The van der Waals surface area contributed by atoms with Crippen molar-refractivity contribution in [1.82, 2.24) is 44.9 Å². The fourth-order valence-electron chi connectivity index (χ4n) is 8.37. The Morgan fingerprint density at radius 1 is 0.482 bits per heavy atom. The summed E-state index contributed by atoms with van der Waals surface area (Å²) >= 11 is 0. The molecule has 8 heterocycles. The summed E-state index contributed by atoms with van der Waals surface area (Å²) in [7, 11) is 0. The number of rotatable bonds is 1. The van der Waals surface area contributed by atoms with Crippen LogP contribution in [0.15, 0.2) is 97.1 Å². The first kappa shape index (κ1) is 31.0. The third-order valence-electron chi connectivity index (χ3n) is 11.3. The van der Waals surface area contributed by atoms with E-state index < -0.39 is 0 Å². The monoisotopic (exact) mass is 721 g/mol. The van der Waals surface area contributed by atoms with Gasteiger partial charge in [-0.15, -0.1) is 0 Å². The van der Waals surface area contributed by atoms with Crippen LogP contribution < -0.4 is 5.22 Å². The second-order valence-corrected chi connectivity index (χ2v) is 14.8. The van der Waals surface area contributed by atoms with Gasteiger partial charge in [0.15, 0.2) is 0 Å². The fourth-order valence-corrected chi connectivity index (χ4v) is 8.37. The summed E-state index contributed by atoms with van der Waals surface area (Å²) in [6.07, 6.45) is 4.98. The molecular weight excluding hydrogens is 691 g/mol. The zero-order chi connectivity index (χ0) is 37.2. The quantitative estimate of drug-likeness (QED) is 0.128. The van der Waals surface area contributed by atoms with Gasteiger partial charge in [0.05, 0.1) is 44.5 Å². The van der Waals surface area contributed by atoms with Crippen LogP contribution in [0.4, 0.5) is 0 Å². The first-order valence-corrected chi connectivity index (χ1v) is 18.9. The van der Waals surface area contributed by atoms with E-state index in [1.54, 1.807) is 0 Å². The third-order valence-corrected chi connectivity index (χ3v) is 11.3. The summed E-state index contributed by atoms with van der Waals surface area (Å²) in [5, 5.41) is 4.87. The molecule has 9 heteroatoms. The summed E-state index contributed by atoms with van der Waals surface area (Å²) in [4.78, 5) is 45.1. The normalized spacial score (nSPS) is 13.2. The number of aryl methyl sites for hydroxylation is 1. The number of hydrogen-bond acceptors (Lipinski definition) is 7. The standard InChI is InChI=1S/C47H31N9/c1-4-24(3)28-15-11-23(2)21-25-12-18-34(48-25)31-16-17-32-35-20-14-27(50-35)22-26-13-19-33(49-26)30-8-6-10-37-39(30)54-45-43(52-37)42-44(46-47(45)56-41(32)40(31)55-46)53-38-29(28)7-5-9-36(38)51-42/h5-22,48-49H,4H2,1-3H3/b15-11?,23-21?,26-22?,27-22?,28-24-,33-30?,35-32?. The summed E-state index contributed by atoms with van der Waals surface area (Å²) in [6.45, 7) is 6.50. The lowest BCUT2D eigenvalue weighted by atomic mass is 10.1. The van der Waals surface area contributed by atoms with Gasteiger partial charge in [-0.3, -0.25) is 0 Å². The minimum atomic E-state index is 0.612. The molecule has 0 spiro atoms. The highest BCUT2D eigenvalue weighted by atomic mass is 14.9. The lowest BCUT2D eigenvalue weighted by Gasteiger charge is -2.12. The number of aromatic amines is 2. The molecule has 4 aromatic carbocycles. The number of benzene rings is 4. The van der Waals surface area contributed by atoms with Crippen LogP contribution in [-0.4, -0.2) is 44.9 Å². The Morgan fingerprint density at radius 3 is 1.71 bits per heavy atom. The van der Waals surface area contributed by atoms with E-state index in [0.717, 1.165) is 105 Å². The van der Waals surface area contributed by atoms with Gasteiger partial charge in [0, 0.05) is 43.6 Å². The Morgan fingerprint density at radius 2 is 1.04 bits per heavy atom. The molecule has 14 bridgehead atoms. The zero-order valence-corrected chi connectivity index (χ0v) is 30.7. The summed E-state index contributed by atoms with van der Waals surface area (Å²) < 4.78 is 0. The highest BCUT2D eigenvalue weighted by Gasteiger charge is 2.22. The van der Waals surface area contributed by atoms with Crippen molar-refractivity contribution in [3.05, 3.63) is 119 Å². The largest absolute Gasteiger partial charge is 0.355 e. The van der Waals surface area contributed by atoms with Crippen LogP contribution in [0, 0.1) is 6.92 Å². The first-order chi connectivity index (χ1) is 27.5. The van der Waals surface area contributed by atoms with E-state index in [1.807, 2.05) is 30.4 Å². The second kappa shape index (κ2) is 11.3. The van der Waals surface area contributed by atoms with E-state index in [2.05, 4.69) is 110 Å². The number of nitrogens with zero attached hydrogens (tertiary/aromatic N) is 7. The van der Waals surface area contributed by atoms with E-state index in [-0.39, 0.29) is 0 Å². The van der Waals surface area contributed by atoms with E-state index >= 15 is 0 Å². The molecule has 11 aromatic rings. The minimum Gasteiger partial charge on any atom is -0.355 e. The van der Waals surface area contributed by atoms with Gasteiger partial charge in [-0.2, -0.15) is 0 Å². The molecule has 0 aliphatic carbocycles. The van der Waals surface area contributed by atoms with Gasteiger partial charge in [-0.1, -0.05) is 48.9 Å². The Balaban J connectivity index is 1.43. The molecule has 0 fully saturated rings. The van der Waals surface area contributed by atoms with Crippen molar-refractivity contribution in [2.75, 3.05) is 0 Å². The molecule has 264 valence electrons. The third kappa shape index (κ3) is 4.45. The predicted molar refractivity (Wildman–Crippen MR) is 229 cm³/mol. The first-order valence-electron chi connectivity index (χ1n) is 18.9. The average Bonchev–Trinajstić information content (AvgIpc) is 4.00. The molecule has 12 rings (SSSR count). The predicted octanol–water partition coefficient (Wildman–Crippen LogP) is 10.4. The van der Waals surface area contributed by atoms with Gasteiger partial charge in [-0.05, 0) is 104 Å². The highest BCUT2D eigenvalue weighted by molar-refractivity contribution is 6.24. The van der Waals surface area contributed by atoms with Gasteiger partial charge >= 0.3 is 0 Å². The van der Waals surface area contributed by atoms with Crippen LogP contribution in [0.5, 0.6) is 0 Å². The smallest absolute Gasteiger partial charge is 0.120 e. The van der Waals surface area contributed by atoms with E-state index in [4.69, 9.17) is 34.9 Å². The maximum atomic E-state index is 5.57. The number of para-hydroxylation sites is 2. The Bertz CT molecular complexity index is 3780. The second-order valence-electron chi connectivity index (χ2n) is 14.8. The van der Waals surface area contributed by atoms with Crippen LogP contribution in [0.25, 0.3) is 128 Å². The summed E-state index contributed by atoms with van der Waals surface area (Å²) in [5.74, 6) is 0. The number of nitrogens with one attached hydrogen (secondary N) is 2. The van der Waals surface area contributed by atoms with E-state index in [9.17, 15) is 0 Å². The SMILES string of the molecule is CC/C(C)=c1/ccc(C)cc2ccc([nH]2)c2ccc3c4nc(cc5ccc([nH]5)c5cccc6nc7c8nc9cccc1c9nc8c1nc2c3nc1c7nc65)C=C4. The molecular formula is C47H31N9. The van der Waals surface area contributed by atoms with Crippen molar-refractivity contribution in [2.24, 2.45) is 0 Å². The topological polar surface area (TPSA) is 122 Å². The number of fused-ring (bicyclic) bond motifs is 10. The van der Waals surface area contributed by atoms with Gasteiger partial charge in [-0.25, -0.2) is 34.9 Å². The van der Waals surface area contributed by atoms with Crippen molar-refractivity contribution in [3.8, 4) is 0 Å².